The summed E-state index contributed by atoms with van der Waals surface area (Å²) in [7, 11) is 0. The molecule has 0 N–H and O–H groups in total. The van der Waals surface area contributed by atoms with Gasteiger partial charge >= 0.3 is 6.18 Å². The number of benzene rings is 3. The van der Waals surface area contributed by atoms with Gasteiger partial charge in [0.05, 0.1) is 23.5 Å². The van der Waals surface area contributed by atoms with Gasteiger partial charge in [-0.05, 0) is 50.6 Å². The summed E-state index contributed by atoms with van der Waals surface area (Å²) >= 11 is 0. The summed E-state index contributed by atoms with van der Waals surface area (Å²) in [4.78, 5) is 0. The maximum absolute atomic E-state index is 13.2. The highest BCUT2D eigenvalue weighted by Crippen LogP contribution is 2.34. The van der Waals surface area contributed by atoms with Gasteiger partial charge in [0.2, 0.25) is 0 Å². The molecular weight excluding hydrogens is 397 g/mol. The van der Waals surface area contributed by atoms with E-state index in [0.717, 1.165) is 45.3 Å². The van der Waals surface area contributed by atoms with Crippen LogP contribution in [0.1, 0.15) is 27.8 Å². The van der Waals surface area contributed by atoms with E-state index in [0.29, 0.717) is 5.56 Å². The van der Waals surface area contributed by atoms with Gasteiger partial charge < -0.3 is 0 Å². The molecule has 31 heavy (non-hydrogen) atoms. The molecule has 0 amide bonds. The summed E-state index contributed by atoms with van der Waals surface area (Å²) in [5.41, 5.74) is 6.90. The molecule has 0 bridgehead atoms. The predicted molar refractivity (Wildman–Crippen MR) is 118 cm³/mol. The molecule has 0 aliphatic rings. The Morgan fingerprint density at radius 1 is 0.774 bits per heavy atom. The Morgan fingerprint density at radius 2 is 1.39 bits per heavy atom. The SMILES string of the molecule is Cc1cccc(-c2nn(Cc3cccc(C(F)(F)F)c3)c(-c3cccc(C)c3)c2C)c1. The largest absolute Gasteiger partial charge is 0.416 e. The van der Waals surface area contributed by atoms with Crippen LogP contribution in [0.15, 0.2) is 72.8 Å². The van der Waals surface area contributed by atoms with Crippen LogP contribution in [-0.4, -0.2) is 9.78 Å². The normalized spacial score (nSPS) is 11.7. The molecule has 0 saturated carbocycles. The van der Waals surface area contributed by atoms with E-state index in [1.54, 1.807) is 6.07 Å². The van der Waals surface area contributed by atoms with Crippen LogP contribution < -0.4 is 0 Å². The number of hydrogen-bond acceptors (Lipinski definition) is 1. The van der Waals surface area contributed by atoms with Crippen molar-refractivity contribution in [3.63, 3.8) is 0 Å². The van der Waals surface area contributed by atoms with E-state index in [2.05, 4.69) is 12.1 Å². The van der Waals surface area contributed by atoms with Crippen LogP contribution in [0, 0.1) is 20.8 Å². The lowest BCUT2D eigenvalue weighted by Crippen LogP contribution is -2.08. The minimum absolute atomic E-state index is 0.250. The fourth-order valence-electron chi connectivity index (χ4n) is 3.91. The summed E-state index contributed by atoms with van der Waals surface area (Å²) in [6.45, 7) is 6.32. The Labute approximate surface area is 180 Å². The molecule has 0 aliphatic carbocycles. The third-order valence-electron chi connectivity index (χ3n) is 5.36. The standard InChI is InChI=1S/C26H23F3N2/c1-17-7-4-10-21(13-17)24-19(3)25(22-11-5-8-18(2)14-22)31(30-24)16-20-9-6-12-23(15-20)26(27,28)29/h4-15H,16H2,1-3H3. The van der Waals surface area contributed by atoms with Gasteiger partial charge in [-0.25, -0.2) is 0 Å². The van der Waals surface area contributed by atoms with Gasteiger partial charge in [-0.3, -0.25) is 4.68 Å². The quantitative estimate of drug-likeness (QED) is 0.341. The molecule has 0 aliphatic heterocycles. The molecule has 1 aromatic heterocycles. The van der Waals surface area contributed by atoms with Crippen LogP contribution in [0.4, 0.5) is 13.2 Å². The second-order valence-corrected chi connectivity index (χ2v) is 7.92. The summed E-state index contributed by atoms with van der Waals surface area (Å²) in [6, 6.07) is 21.6. The lowest BCUT2D eigenvalue weighted by Gasteiger charge is -2.12. The Bertz CT molecular complexity index is 1240. The molecule has 0 saturated heterocycles. The summed E-state index contributed by atoms with van der Waals surface area (Å²) in [5, 5.41) is 4.85. The van der Waals surface area contributed by atoms with E-state index in [1.807, 2.05) is 61.9 Å². The zero-order valence-electron chi connectivity index (χ0n) is 17.7. The van der Waals surface area contributed by atoms with E-state index in [9.17, 15) is 13.2 Å². The molecule has 0 spiro atoms. The monoisotopic (exact) mass is 420 g/mol. The minimum Gasteiger partial charge on any atom is -0.260 e. The van der Waals surface area contributed by atoms with Gasteiger partial charge in [0.15, 0.2) is 0 Å². The molecule has 2 nitrogen and oxygen atoms in total. The third-order valence-corrected chi connectivity index (χ3v) is 5.36. The van der Waals surface area contributed by atoms with Crippen molar-refractivity contribution in [3.05, 3.63) is 101 Å². The number of aromatic nitrogens is 2. The number of alkyl halides is 3. The highest BCUT2D eigenvalue weighted by atomic mass is 19.4. The average Bonchev–Trinajstić information content (AvgIpc) is 3.03. The molecule has 0 fully saturated rings. The fraction of sp³-hybridized carbons (Fsp3) is 0.192. The van der Waals surface area contributed by atoms with Crippen LogP contribution in [0.5, 0.6) is 0 Å². The smallest absolute Gasteiger partial charge is 0.260 e. The van der Waals surface area contributed by atoms with E-state index in [1.165, 1.54) is 12.1 Å². The molecule has 1 heterocycles. The summed E-state index contributed by atoms with van der Waals surface area (Å²) < 4.78 is 41.4. The zero-order chi connectivity index (χ0) is 22.2. The van der Waals surface area contributed by atoms with Crippen LogP contribution in [0.3, 0.4) is 0 Å². The van der Waals surface area contributed by atoms with Crippen molar-refractivity contribution in [3.8, 4) is 22.5 Å². The van der Waals surface area contributed by atoms with Crippen molar-refractivity contribution in [1.82, 2.24) is 9.78 Å². The van der Waals surface area contributed by atoms with Crippen LogP contribution in [0.2, 0.25) is 0 Å². The van der Waals surface area contributed by atoms with E-state index < -0.39 is 11.7 Å². The number of rotatable bonds is 4. The van der Waals surface area contributed by atoms with Crippen molar-refractivity contribution < 1.29 is 13.2 Å². The highest BCUT2D eigenvalue weighted by molar-refractivity contribution is 5.74. The van der Waals surface area contributed by atoms with Gasteiger partial charge in [0.1, 0.15) is 0 Å². The molecule has 4 rings (SSSR count). The molecule has 0 atom stereocenters. The van der Waals surface area contributed by atoms with Crippen molar-refractivity contribution >= 4 is 0 Å². The number of hydrogen-bond donors (Lipinski definition) is 0. The van der Waals surface area contributed by atoms with Gasteiger partial charge in [-0.2, -0.15) is 18.3 Å². The first kappa shape index (κ1) is 20.9. The lowest BCUT2D eigenvalue weighted by atomic mass is 10.0. The minimum atomic E-state index is -4.37. The highest BCUT2D eigenvalue weighted by Gasteiger charge is 2.30. The maximum atomic E-state index is 13.2. The Balaban J connectivity index is 1.86. The van der Waals surface area contributed by atoms with Crippen molar-refractivity contribution in [2.24, 2.45) is 0 Å². The average molecular weight is 420 g/mol. The second kappa shape index (κ2) is 8.06. The van der Waals surface area contributed by atoms with Gasteiger partial charge in [-0.15, -0.1) is 0 Å². The van der Waals surface area contributed by atoms with Gasteiger partial charge in [-0.1, -0.05) is 59.7 Å². The lowest BCUT2D eigenvalue weighted by molar-refractivity contribution is -0.137. The van der Waals surface area contributed by atoms with Gasteiger partial charge in [0, 0.05) is 16.7 Å². The van der Waals surface area contributed by atoms with Crippen molar-refractivity contribution in [1.29, 1.82) is 0 Å². The molecule has 0 radical (unpaired) electrons. The molecule has 5 heteroatoms. The maximum Gasteiger partial charge on any atom is 0.416 e. The zero-order valence-corrected chi connectivity index (χ0v) is 17.7. The Kier molecular flexibility index (Phi) is 5.44. The summed E-state index contributed by atoms with van der Waals surface area (Å²) in [5.74, 6) is 0. The third kappa shape index (κ3) is 4.41. The molecule has 4 aromatic rings. The van der Waals surface area contributed by atoms with Crippen LogP contribution >= 0.6 is 0 Å². The van der Waals surface area contributed by atoms with E-state index >= 15 is 0 Å². The topological polar surface area (TPSA) is 17.8 Å². The first-order chi connectivity index (χ1) is 14.7. The first-order valence-electron chi connectivity index (χ1n) is 10.1. The number of nitrogens with zero attached hydrogens (tertiary/aromatic N) is 2. The van der Waals surface area contributed by atoms with Crippen LogP contribution in [-0.2, 0) is 12.7 Å². The summed E-state index contributed by atoms with van der Waals surface area (Å²) in [6.07, 6.45) is -4.37. The molecule has 0 unspecified atom stereocenters. The van der Waals surface area contributed by atoms with E-state index in [4.69, 9.17) is 5.10 Å². The Morgan fingerprint density at radius 3 is 2.03 bits per heavy atom. The fourth-order valence-corrected chi connectivity index (χ4v) is 3.91. The molecule has 3 aromatic carbocycles. The predicted octanol–water partition coefficient (Wildman–Crippen LogP) is 7.21. The van der Waals surface area contributed by atoms with E-state index in [-0.39, 0.29) is 6.54 Å². The number of halogens is 3. The van der Waals surface area contributed by atoms with Gasteiger partial charge in [0.25, 0.3) is 0 Å². The first-order valence-corrected chi connectivity index (χ1v) is 10.1. The van der Waals surface area contributed by atoms with Crippen molar-refractivity contribution in [2.75, 3.05) is 0 Å². The molecular formula is C26H23F3N2. The van der Waals surface area contributed by atoms with Crippen LogP contribution in [0.25, 0.3) is 22.5 Å². The Hall–Kier alpha value is -3.34. The van der Waals surface area contributed by atoms with Crippen molar-refractivity contribution in [2.45, 2.75) is 33.5 Å². The number of aryl methyl sites for hydroxylation is 2. The second-order valence-electron chi connectivity index (χ2n) is 7.92. The molecule has 158 valence electrons.